The predicted octanol–water partition coefficient (Wildman–Crippen LogP) is 4.42. The molecule has 0 bridgehead atoms. The minimum absolute atomic E-state index is 0.154. The molecule has 0 saturated carbocycles. The summed E-state index contributed by atoms with van der Waals surface area (Å²) in [6, 6.07) is 8.01. The smallest absolute Gasteiger partial charge is 0.262 e. The molecule has 0 radical (unpaired) electrons. The highest BCUT2D eigenvalue weighted by Gasteiger charge is 2.21. The van der Waals surface area contributed by atoms with Crippen molar-refractivity contribution in [3.8, 4) is 5.75 Å². The molecule has 0 atom stereocenters. The van der Waals surface area contributed by atoms with Crippen molar-refractivity contribution < 1.29 is 13.2 Å². The normalized spacial score (nSPS) is 11.3. The summed E-state index contributed by atoms with van der Waals surface area (Å²) in [4.78, 5) is 0.154. The van der Waals surface area contributed by atoms with Crippen molar-refractivity contribution in [2.45, 2.75) is 18.7 Å². The highest BCUT2D eigenvalue weighted by atomic mass is 35.5. The molecule has 2 rings (SSSR count). The fraction of sp³-hybridized carbons (Fsp3) is 0.200. The number of rotatable bonds is 4. The maximum Gasteiger partial charge on any atom is 0.262 e. The zero-order valence-corrected chi connectivity index (χ0v) is 14.6. The second-order valence-electron chi connectivity index (χ2n) is 4.79. The number of hydrogen-bond acceptors (Lipinski definition) is 3. The molecule has 118 valence electrons. The van der Waals surface area contributed by atoms with E-state index in [0.717, 1.165) is 5.56 Å². The van der Waals surface area contributed by atoms with Gasteiger partial charge in [-0.1, -0.05) is 29.3 Å². The number of methoxy groups -OCH3 is 1. The molecule has 0 heterocycles. The lowest BCUT2D eigenvalue weighted by Gasteiger charge is -2.15. The maximum absolute atomic E-state index is 12.6. The topological polar surface area (TPSA) is 55.4 Å². The third-order valence-corrected chi connectivity index (χ3v) is 5.30. The lowest BCUT2D eigenvalue weighted by molar-refractivity contribution is 0.411. The monoisotopic (exact) mass is 359 g/mol. The van der Waals surface area contributed by atoms with Crippen molar-refractivity contribution in [2.24, 2.45) is 0 Å². The number of benzene rings is 2. The molecule has 0 aliphatic carbocycles. The molecular weight excluding hydrogens is 345 g/mol. The molecule has 0 aromatic heterocycles. The first-order valence-electron chi connectivity index (χ1n) is 6.38. The Labute approximate surface area is 140 Å². The molecule has 0 amide bonds. The van der Waals surface area contributed by atoms with Crippen LogP contribution in [0.2, 0.25) is 10.0 Å². The van der Waals surface area contributed by atoms with Gasteiger partial charge in [-0.2, -0.15) is 0 Å². The standard InChI is InChI=1S/C15H15Cl2NO3S/c1-9-8-14(10(2)7-13(9)21-3)22(19,20)18-15-11(16)5-4-6-12(15)17/h4-8,18H,1-3H3. The van der Waals surface area contributed by atoms with Gasteiger partial charge in [-0.3, -0.25) is 4.72 Å². The van der Waals surface area contributed by atoms with Crippen LogP contribution in [-0.4, -0.2) is 15.5 Å². The van der Waals surface area contributed by atoms with E-state index in [1.807, 2.05) is 0 Å². The third-order valence-electron chi connectivity index (χ3n) is 3.18. The van der Waals surface area contributed by atoms with Crippen molar-refractivity contribution in [3.63, 3.8) is 0 Å². The molecular formula is C15H15Cl2NO3S. The van der Waals surface area contributed by atoms with Crippen LogP contribution in [0.25, 0.3) is 0 Å². The largest absolute Gasteiger partial charge is 0.496 e. The molecule has 2 aromatic carbocycles. The molecule has 4 nitrogen and oxygen atoms in total. The second-order valence-corrected chi connectivity index (χ2v) is 7.25. The van der Waals surface area contributed by atoms with Crippen LogP contribution in [0.3, 0.4) is 0 Å². The highest BCUT2D eigenvalue weighted by Crippen LogP contribution is 2.33. The Kier molecular flexibility index (Phi) is 4.90. The molecule has 0 fully saturated rings. The number of sulfonamides is 1. The molecule has 22 heavy (non-hydrogen) atoms. The number of halogens is 2. The van der Waals surface area contributed by atoms with Gasteiger partial charge < -0.3 is 4.74 Å². The fourth-order valence-corrected chi connectivity index (χ4v) is 4.07. The van der Waals surface area contributed by atoms with E-state index >= 15 is 0 Å². The first-order chi connectivity index (χ1) is 10.3. The fourth-order valence-electron chi connectivity index (χ4n) is 2.06. The molecule has 2 aromatic rings. The van der Waals surface area contributed by atoms with Crippen LogP contribution in [0, 0.1) is 13.8 Å². The summed E-state index contributed by atoms with van der Waals surface area (Å²) in [5.41, 5.74) is 1.45. The average molecular weight is 360 g/mol. The summed E-state index contributed by atoms with van der Waals surface area (Å²) >= 11 is 12.0. The second kappa shape index (κ2) is 6.36. The van der Waals surface area contributed by atoms with Crippen molar-refractivity contribution in [1.82, 2.24) is 0 Å². The predicted molar refractivity (Wildman–Crippen MR) is 89.7 cm³/mol. The van der Waals surface area contributed by atoms with Crippen molar-refractivity contribution in [3.05, 3.63) is 51.5 Å². The van der Waals surface area contributed by atoms with E-state index in [1.54, 1.807) is 44.2 Å². The lowest BCUT2D eigenvalue weighted by Crippen LogP contribution is -2.15. The van der Waals surface area contributed by atoms with Gasteiger partial charge in [0.25, 0.3) is 10.0 Å². The minimum atomic E-state index is -3.81. The molecule has 0 unspecified atom stereocenters. The van der Waals surface area contributed by atoms with E-state index < -0.39 is 10.0 Å². The van der Waals surface area contributed by atoms with E-state index in [-0.39, 0.29) is 20.6 Å². The van der Waals surface area contributed by atoms with Gasteiger partial charge in [0.15, 0.2) is 0 Å². The van der Waals surface area contributed by atoms with Gasteiger partial charge in [0.2, 0.25) is 0 Å². The maximum atomic E-state index is 12.6. The first kappa shape index (κ1) is 16.9. The van der Waals surface area contributed by atoms with Gasteiger partial charge in [-0.25, -0.2) is 8.42 Å². The summed E-state index contributed by atoms with van der Waals surface area (Å²) in [6.45, 7) is 3.48. The lowest BCUT2D eigenvalue weighted by atomic mass is 10.1. The first-order valence-corrected chi connectivity index (χ1v) is 8.62. The van der Waals surface area contributed by atoms with E-state index in [4.69, 9.17) is 27.9 Å². The van der Waals surface area contributed by atoms with Crippen LogP contribution in [0.15, 0.2) is 35.2 Å². The highest BCUT2D eigenvalue weighted by molar-refractivity contribution is 7.92. The number of aryl methyl sites for hydroxylation is 2. The van der Waals surface area contributed by atoms with E-state index in [0.29, 0.717) is 11.3 Å². The van der Waals surface area contributed by atoms with Crippen LogP contribution >= 0.6 is 23.2 Å². The average Bonchev–Trinajstić information content (AvgIpc) is 2.45. The molecule has 0 aliphatic heterocycles. The van der Waals surface area contributed by atoms with Gasteiger partial charge in [-0.15, -0.1) is 0 Å². The van der Waals surface area contributed by atoms with Crippen LogP contribution in [0.5, 0.6) is 5.75 Å². The van der Waals surface area contributed by atoms with Crippen LogP contribution in [-0.2, 0) is 10.0 Å². The summed E-state index contributed by atoms with van der Waals surface area (Å²) in [6.07, 6.45) is 0. The molecule has 0 aliphatic rings. The Morgan fingerprint density at radius 1 is 1.05 bits per heavy atom. The van der Waals surface area contributed by atoms with E-state index in [1.165, 1.54) is 7.11 Å². The number of anilines is 1. The SMILES string of the molecule is COc1cc(C)c(S(=O)(=O)Nc2c(Cl)cccc2Cl)cc1C. The summed E-state index contributed by atoms with van der Waals surface area (Å²) in [5, 5.41) is 0.470. The van der Waals surface area contributed by atoms with Crippen LogP contribution in [0.4, 0.5) is 5.69 Å². The number of para-hydroxylation sites is 1. The van der Waals surface area contributed by atoms with Crippen molar-refractivity contribution in [1.29, 1.82) is 0 Å². The minimum Gasteiger partial charge on any atom is -0.496 e. The quantitative estimate of drug-likeness (QED) is 0.878. The Bertz CT molecular complexity index is 800. The van der Waals surface area contributed by atoms with Gasteiger partial charge in [0.05, 0.1) is 27.7 Å². The number of nitrogens with one attached hydrogen (secondary N) is 1. The zero-order chi connectivity index (χ0) is 16.5. The van der Waals surface area contributed by atoms with E-state index in [9.17, 15) is 8.42 Å². The molecule has 0 saturated heterocycles. The zero-order valence-electron chi connectivity index (χ0n) is 12.3. The van der Waals surface area contributed by atoms with Gasteiger partial charge in [0, 0.05) is 0 Å². The van der Waals surface area contributed by atoms with Gasteiger partial charge >= 0.3 is 0 Å². The van der Waals surface area contributed by atoms with E-state index in [2.05, 4.69) is 4.72 Å². The summed E-state index contributed by atoms with van der Waals surface area (Å²) in [7, 11) is -2.27. The van der Waals surface area contributed by atoms with Crippen molar-refractivity contribution >= 4 is 38.9 Å². The summed E-state index contributed by atoms with van der Waals surface area (Å²) < 4.78 is 32.9. The van der Waals surface area contributed by atoms with Crippen LogP contribution in [0.1, 0.15) is 11.1 Å². The molecule has 7 heteroatoms. The van der Waals surface area contributed by atoms with Crippen LogP contribution < -0.4 is 9.46 Å². The Balaban J connectivity index is 2.50. The summed E-state index contributed by atoms with van der Waals surface area (Å²) in [5.74, 6) is 0.632. The van der Waals surface area contributed by atoms with Gasteiger partial charge in [0.1, 0.15) is 5.75 Å². The van der Waals surface area contributed by atoms with Gasteiger partial charge in [-0.05, 0) is 49.2 Å². The Hall–Kier alpha value is -1.43. The van der Waals surface area contributed by atoms with Crippen molar-refractivity contribution in [2.75, 3.05) is 11.8 Å². The Morgan fingerprint density at radius 2 is 1.64 bits per heavy atom. The molecule has 0 spiro atoms. The Morgan fingerprint density at radius 3 is 2.18 bits per heavy atom. The number of ether oxygens (including phenoxy) is 1. The molecule has 1 N–H and O–H groups in total. The third kappa shape index (κ3) is 3.32. The number of hydrogen-bond donors (Lipinski definition) is 1.